The highest BCUT2D eigenvalue weighted by Gasteiger charge is 2.28. The fraction of sp³-hybridized carbons (Fsp3) is 0.333. The van der Waals surface area contributed by atoms with Crippen LogP contribution in [0.15, 0.2) is 10.9 Å². The smallest absolute Gasteiger partial charge is 0.354 e. The summed E-state index contributed by atoms with van der Waals surface area (Å²) >= 11 is 0. The summed E-state index contributed by atoms with van der Waals surface area (Å²) in [7, 11) is 0. The lowest BCUT2D eigenvalue weighted by Crippen LogP contribution is -2.20. The number of alkyl halides is 2. The van der Waals surface area contributed by atoms with Crippen LogP contribution in [0.1, 0.15) is 29.4 Å². The second kappa shape index (κ2) is 5.34. The molecule has 0 atom stereocenters. The molecule has 0 spiro atoms. The summed E-state index contributed by atoms with van der Waals surface area (Å²) in [5.74, 6) is -1.04. The van der Waals surface area contributed by atoms with E-state index in [0.717, 1.165) is 0 Å². The van der Waals surface area contributed by atoms with Gasteiger partial charge in [0.05, 0.1) is 11.5 Å². The summed E-state index contributed by atoms with van der Waals surface area (Å²) in [6.07, 6.45) is -3.25. The lowest BCUT2D eigenvalue weighted by molar-refractivity contribution is -0.387. The molecule has 9 heteroatoms. The summed E-state index contributed by atoms with van der Waals surface area (Å²) in [6, 6.07) is 0.544. The molecule has 0 radical (unpaired) electrons. The van der Waals surface area contributed by atoms with E-state index in [0.29, 0.717) is 6.07 Å². The Morgan fingerprint density at radius 2 is 2.22 bits per heavy atom. The number of ether oxygens (including phenoxy) is 1. The van der Waals surface area contributed by atoms with Gasteiger partial charge in [0.2, 0.25) is 0 Å². The third-order valence-corrected chi connectivity index (χ3v) is 1.95. The zero-order chi connectivity index (χ0) is 13.9. The Hall–Kier alpha value is -2.32. The molecule has 0 amide bonds. The number of esters is 1. The van der Waals surface area contributed by atoms with Gasteiger partial charge in [-0.25, -0.2) is 13.6 Å². The summed E-state index contributed by atoms with van der Waals surface area (Å²) < 4.78 is 29.7. The zero-order valence-corrected chi connectivity index (χ0v) is 9.11. The molecule has 1 N–H and O–H groups in total. The van der Waals surface area contributed by atoms with Crippen molar-refractivity contribution in [2.45, 2.75) is 13.3 Å². The van der Waals surface area contributed by atoms with E-state index in [2.05, 4.69) is 4.74 Å². The van der Waals surface area contributed by atoms with Crippen molar-refractivity contribution in [1.82, 2.24) is 4.98 Å². The van der Waals surface area contributed by atoms with E-state index in [1.807, 2.05) is 4.98 Å². The Morgan fingerprint density at radius 1 is 1.61 bits per heavy atom. The number of nitro groups is 1. The van der Waals surface area contributed by atoms with E-state index in [1.165, 1.54) is 6.92 Å². The first-order valence-corrected chi connectivity index (χ1v) is 4.75. The van der Waals surface area contributed by atoms with Crippen molar-refractivity contribution in [2.75, 3.05) is 6.61 Å². The number of hydrogen-bond acceptors (Lipinski definition) is 5. The van der Waals surface area contributed by atoms with Crippen molar-refractivity contribution < 1.29 is 23.2 Å². The number of halogens is 2. The Kier molecular flexibility index (Phi) is 4.08. The van der Waals surface area contributed by atoms with Crippen molar-refractivity contribution >= 4 is 11.7 Å². The van der Waals surface area contributed by atoms with Gasteiger partial charge in [0.1, 0.15) is 11.3 Å². The molecular formula is C9H8F2N2O5. The molecule has 0 fully saturated rings. The minimum atomic E-state index is -3.25. The normalized spacial score (nSPS) is 10.4. The average Bonchev–Trinajstić information content (AvgIpc) is 2.27. The van der Waals surface area contributed by atoms with E-state index >= 15 is 0 Å². The Balaban J connectivity index is 3.42. The fourth-order valence-electron chi connectivity index (χ4n) is 1.25. The monoisotopic (exact) mass is 262 g/mol. The SMILES string of the molecule is CCOC(=O)c1cc(C(F)F)c([N+](=O)[O-])c(=O)[nH]1. The van der Waals surface area contributed by atoms with Crippen LogP contribution in [0.25, 0.3) is 0 Å². The van der Waals surface area contributed by atoms with Crippen LogP contribution in [-0.2, 0) is 4.74 Å². The predicted molar refractivity (Wildman–Crippen MR) is 54.6 cm³/mol. The second-order valence-corrected chi connectivity index (χ2v) is 3.09. The zero-order valence-electron chi connectivity index (χ0n) is 9.11. The number of rotatable bonds is 4. The Bertz CT molecular complexity index is 540. The number of aromatic amines is 1. The molecule has 1 rings (SSSR count). The molecular weight excluding hydrogens is 254 g/mol. The highest BCUT2D eigenvalue weighted by Crippen LogP contribution is 2.26. The number of nitrogens with one attached hydrogen (secondary N) is 1. The van der Waals surface area contributed by atoms with Crippen LogP contribution >= 0.6 is 0 Å². The van der Waals surface area contributed by atoms with Gasteiger partial charge in [0, 0.05) is 0 Å². The molecule has 1 heterocycles. The molecule has 0 unspecified atom stereocenters. The largest absolute Gasteiger partial charge is 0.461 e. The minimum Gasteiger partial charge on any atom is -0.461 e. The van der Waals surface area contributed by atoms with Gasteiger partial charge in [-0.15, -0.1) is 0 Å². The van der Waals surface area contributed by atoms with Crippen molar-refractivity contribution in [3.05, 3.63) is 37.8 Å². The topological polar surface area (TPSA) is 102 Å². The van der Waals surface area contributed by atoms with Crippen LogP contribution in [-0.4, -0.2) is 22.5 Å². The van der Waals surface area contributed by atoms with Gasteiger partial charge in [-0.05, 0) is 13.0 Å². The second-order valence-electron chi connectivity index (χ2n) is 3.09. The molecule has 0 saturated heterocycles. The first kappa shape index (κ1) is 13.7. The number of carbonyl (C=O) groups excluding carboxylic acids is 1. The van der Waals surface area contributed by atoms with E-state index in [9.17, 15) is 28.5 Å². The molecule has 0 bridgehead atoms. The number of H-pyrrole nitrogens is 1. The summed E-state index contributed by atoms with van der Waals surface area (Å²) in [5.41, 5.74) is -4.33. The van der Waals surface area contributed by atoms with Gasteiger partial charge in [-0.2, -0.15) is 0 Å². The molecule has 0 aliphatic carbocycles. The molecule has 18 heavy (non-hydrogen) atoms. The van der Waals surface area contributed by atoms with Crippen LogP contribution in [0.4, 0.5) is 14.5 Å². The third kappa shape index (κ3) is 2.67. The van der Waals surface area contributed by atoms with E-state index in [1.54, 1.807) is 0 Å². The van der Waals surface area contributed by atoms with Gasteiger partial charge in [0.25, 0.3) is 6.43 Å². The molecule has 0 saturated carbocycles. The van der Waals surface area contributed by atoms with Crippen molar-refractivity contribution in [1.29, 1.82) is 0 Å². The van der Waals surface area contributed by atoms with Crippen LogP contribution in [0.2, 0.25) is 0 Å². The number of hydrogen-bond donors (Lipinski definition) is 1. The standard InChI is InChI=1S/C9H8F2N2O5/c1-2-18-9(15)5-3-4(7(10)11)6(13(16)17)8(14)12-5/h3,7H,2H2,1H3,(H,12,14). The van der Waals surface area contributed by atoms with E-state index in [4.69, 9.17) is 0 Å². The van der Waals surface area contributed by atoms with Gasteiger partial charge >= 0.3 is 17.2 Å². The maximum absolute atomic E-state index is 12.6. The molecule has 98 valence electrons. The highest BCUT2D eigenvalue weighted by atomic mass is 19.3. The lowest BCUT2D eigenvalue weighted by atomic mass is 10.2. The van der Waals surface area contributed by atoms with Gasteiger partial charge in [-0.3, -0.25) is 14.9 Å². The fourth-order valence-corrected chi connectivity index (χ4v) is 1.25. The maximum atomic E-state index is 12.6. The predicted octanol–water partition coefficient (Wildman–Crippen LogP) is 1.40. The molecule has 1 aromatic heterocycles. The quantitative estimate of drug-likeness (QED) is 0.502. The molecule has 1 aromatic rings. The van der Waals surface area contributed by atoms with E-state index < -0.39 is 39.8 Å². The summed E-state index contributed by atoms with van der Waals surface area (Å²) in [4.78, 5) is 33.6. The first-order valence-electron chi connectivity index (χ1n) is 4.75. The van der Waals surface area contributed by atoms with Crippen LogP contribution in [0.5, 0.6) is 0 Å². The van der Waals surface area contributed by atoms with Crippen LogP contribution in [0.3, 0.4) is 0 Å². The summed E-state index contributed by atoms with van der Waals surface area (Å²) in [6.45, 7) is 1.46. The molecule has 0 aliphatic rings. The van der Waals surface area contributed by atoms with Crippen molar-refractivity contribution in [3.63, 3.8) is 0 Å². The Labute approximate surface area is 98.5 Å². The summed E-state index contributed by atoms with van der Waals surface area (Å²) in [5, 5.41) is 10.5. The number of nitrogens with zero attached hydrogens (tertiary/aromatic N) is 1. The van der Waals surface area contributed by atoms with Crippen LogP contribution in [0, 0.1) is 10.1 Å². The molecule has 7 nitrogen and oxygen atoms in total. The minimum absolute atomic E-state index is 0.0259. The molecule has 0 aromatic carbocycles. The van der Waals surface area contributed by atoms with Gasteiger partial charge < -0.3 is 9.72 Å². The Morgan fingerprint density at radius 3 is 2.67 bits per heavy atom. The van der Waals surface area contributed by atoms with Crippen molar-refractivity contribution in [3.8, 4) is 0 Å². The van der Waals surface area contributed by atoms with Gasteiger partial charge in [0.15, 0.2) is 0 Å². The number of pyridine rings is 1. The van der Waals surface area contributed by atoms with Crippen LogP contribution < -0.4 is 5.56 Å². The van der Waals surface area contributed by atoms with E-state index in [-0.39, 0.29) is 6.61 Å². The average molecular weight is 262 g/mol. The molecule has 0 aliphatic heterocycles. The maximum Gasteiger partial charge on any atom is 0.354 e. The highest BCUT2D eigenvalue weighted by molar-refractivity contribution is 5.87. The lowest BCUT2D eigenvalue weighted by Gasteiger charge is -2.05. The van der Waals surface area contributed by atoms with Gasteiger partial charge in [-0.1, -0.05) is 0 Å². The third-order valence-electron chi connectivity index (χ3n) is 1.95. The first-order chi connectivity index (χ1) is 8.38. The van der Waals surface area contributed by atoms with Crippen molar-refractivity contribution in [2.24, 2.45) is 0 Å². The number of carbonyl (C=O) groups is 1. The number of aromatic nitrogens is 1.